The van der Waals surface area contributed by atoms with Crippen molar-refractivity contribution in [3.05, 3.63) is 78.4 Å². The number of nitrogens with zero attached hydrogens (tertiary/aromatic N) is 3. The largest absolute Gasteiger partial charge is 0.394 e. The highest BCUT2D eigenvalue weighted by Gasteiger charge is 2.12. The van der Waals surface area contributed by atoms with Gasteiger partial charge in [-0.1, -0.05) is 42.5 Å². The summed E-state index contributed by atoms with van der Waals surface area (Å²) in [6, 6.07) is 24.4. The third-order valence-electron chi connectivity index (χ3n) is 5.11. The summed E-state index contributed by atoms with van der Waals surface area (Å²) in [5.41, 5.74) is 4.29. The van der Waals surface area contributed by atoms with E-state index in [2.05, 4.69) is 59.1 Å². The van der Waals surface area contributed by atoms with Crippen LogP contribution in [0.15, 0.2) is 77.9 Å². The predicted octanol–water partition coefficient (Wildman–Crippen LogP) is 4.01. The first kappa shape index (κ1) is 19.2. The molecule has 3 aromatic carbocycles. The Hall–Kier alpha value is -3.15. The van der Waals surface area contributed by atoms with Gasteiger partial charge in [0.1, 0.15) is 0 Å². The minimum atomic E-state index is -0.864. The topological polar surface area (TPSA) is 61.0 Å². The van der Waals surface area contributed by atoms with Crippen LogP contribution in [0, 0.1) is 0 Å². The van der Waals surface area contributed by atoms with Gasteiger partial charge in [-0.3, -0.25) is 5.01 Å². The predicted molar refractivity (Wildman–Crippen MR) is 120 cm³/mol. The first-order chi connectivity index (χ1) is 14.2. The zero-order chi connectivity index (χ0) is 20.2. The average molecular weight is 387 g/mol. The zero-order valence-corrected chi connectivity index (χ0v) is 16.4. The van der Waals surface area contributed by atoms with Crippen molar-refractivity contribution in [3.63, 3.8) is 0 Å². The molecule has 4 rings (SSSR count). The molecule has 5 heteroatoms. The molecule has 0 saturated heterocycles. The molecule has 0 saturated carbocycles. The second kappa shape index (κ2) is 8.47. The van der Waals surface area contributed by atoms with Crippen molar-refractivity contribution < 1.29 is 10.2 Å². The van der Waals surface area contributed by atoms with Crippen molar-refractivity contribution in [3.8, 4) is 0 Å². The summed E-state index contributed by atoms with van der Waals surface area (Å²) < 4.78 is 2.32. The Morgan fingerprint density at radius 3 is 2.45 bits per heavy atom. The molecular formula is C24H25N3O2. The van der Waals surface area contributed by atoms with Crippen molar-refractivity contribution in [2.75, 3.05) is 18.2 Å². The molecule has 0 aliphatic heterocycles. The van der Waals surface area contributed by atoms with Crippen LogP contribution >= 0.6 is 0 Å². The van der Waals surface area contributed by atoms with Gasteiger partial charge in [0.25, 0.3) is 0 Å². The fourth-order valence-electron chi connectivity index (χ4n) is 3.71. The highest BCUT2D eigenvalue weighted by Crippen LogP contribution is 2.29. The molecular weight excluding hydrogens is 362 g/mol. The smallest absolute Gasteiger partial charge is 0.0966 e. The van der Waals surface area contributed by atoms with Gasteiger partial charge >= 0.3 is 0 Å². The normalized spacial score (nSPS) is 12.8. The van der Waals surface area contributed by atoms with E-state index in [1.54, 1.807) is 11.2 Å². The molecule has 2 N–H and O–H groups in total. The number of para-hydroxylation sites is 2. The number of aromatic nitrogens is 1. The molecule has 0 radical (unpaired) electrons. The summed E-state index contributed by atoms with van der Waals surface area (Å²) in [7, 11) is 0. The van der Waals surface area contributed by atoms with Crippen LogP contribution in [0.5, 0.6) is 0 Å². The van der Waals surface area contributed by atoms with Crippen molar-refractivity contribution in [1.82, 2.24) is 4.57 Å². The molecule has 0 aliphatic carbocycles. The SMILES string of the molecule is CCn1c2ccccc2c2cc(/C=N/N(CC(O)CO)c3ccccc3)ccc21. The Morgan fingerprint density at radius 2 is 1.69 bits per heavy atom. The van der Waals surface area contributed by atoms with Crippen LogP contribution < -0.4 is 5.01 Å². The van der Waals surface area contributed by atoms with Gasteiger partial charge in [0.2, 0.25) is 0 Å². The average Bonchev–Trinajstić information content (AvgIpc) is 3.10. The number of rotatable bonds is 7. The van der Waals surface area contributed by atoms with Crippen molar-refractivity contribution in [1.29, 1.82) is 0 Å². The molecule has 1 unspecified atom stereocenters. The van der Waals surface area contributed by atoms with E-state index < -0.39 is 6.10 Å². The fraction of sp³-hybridized carbons (Fsp3) is 0.208. The van der Waals surface area contributed by atoms with E-state index in [4.69, 9.17) is 0 Å². The summed E-state index contributed by atoms with van der Waals surface area (Å²) in [5.74, 6) is 0. The Bertz CT molecular complexity index is 1140. The van der Waals surface area contributed by atoms with Crippen LogP contribution in [-0.4, -0.2) is 40.3 Å². The van der Waals surface area contributed by atoms with E-state index in [1.165, 1.54) is 21.8 Å². The van der Waals surface area contributed by atoms with Gasteiger partial charge in [-0.2, -0.15) is 5.10 Å². The van der Waals surface area contributed by atoms with Crippen LogP contribution in [0.3, 0.4) is 0 Å². The van der Waals surface area contributed by atoms with E-state index in [0.717, 1.165) is 17.8 Å². The number of hydrogen-bond acceptors (Lipinski definition) is 4. The first-order valence-electron chi connectivity index (χ1n) is 9.87. The molecule has 1 aromatic heterocycles. The molecule has 29 heavy (non-hydrogen) atoms. The molecule has 0 bridgehead atoms. The number of anilines is 1. The van der Waals surface area contributed by atoms with Crippen LogP contribution in [0.25, 0.3) is 21.8 Å². The van der Waals surface area contributed by atoms with Gasteiger partial charge in [-0.05, 0) is 42.8 Å². The quantitative estimate of drug-likeness (QED) is 0.372. The maximum absolute atomic E-state index is 9.91. The maximum Gasteiger partial charge on any atom is 0.0966 e. The summed E-state index contributed by atoms with van der Waals surface area (Å²) in [6.07, 6.45) is 0.937. The fourth-order valence-corrected chi connectivity index (χ4v) is 3.71. The number of benzene rings is 3. The van der Waals surface area contributed by atoms with Gasteiger partial charge in [-0.25, -0.2) is 0 Å². The summed E-state index contributed by atoms with van der Waals surface area (Å²) >= 11 is 0. The second-order valence-electron chi connectivity index (χ2n) is 7.04. The summed E-state index contributed by atoms with van der Waals surface area (Å²) in [4.78, 5) is 0. The van der Waals surface area contributed by atoms with Gasteiger partial charge < -0.3 is 14.8 Å². The third-order valence-corrected chi connectivity index (χ3v) is 5.11. The lowest BCUT2D eigenvalue weighted by molar-refractivity contribution is 0.100. The molecule has 0 aliphatic rings. The monoisotopic (exact) mass is 387 g/mol. The van der Waals surface area contributed by atoms with E-state index in [-0.39, 0.29) is 13.2 Å². The Labute approximate surface area is 170 Å². The second-order valence-corrected chi connectivity index (χ2v) is 7.04. The number of fused-ring (bicyclic) bond motifs is 3. The van der Waals surface area contributed by atoms with Crippen LogP contribution in [0.4, 0.5) is 5.69 Å². The Balaban J connectivity index is 1.71. The minimum absolute atomic E-state index is 0.217. The number of aliphatic hydroxyl groups excluding tert-OH is 2. The van der Waals surface area contributed by atoms with Crippen LogP contribution in [0.2, 0.25) is 0 Å². The van der Waals surface area contributed by atoms with Crippen molar-refractivity contribution in [2.45, 2.75) is 19.6 Å². The molecule has 148 valence electrons. The van der Waals surface area contributed by atoms with E-state index >= 15 is 0 Å². The first-order valence-corrected chi connectivity index (χ1v) is 9.87. The minimum Gasteiger partial charge on any atom is -0.394 e. The van der Waals surface area contributed by atoms with Crippen LogP contribution in [0.1, 0.15) is 12.5 Å². The van der Waals surface area contributed by atoms with Crippen molar-refractivity contribution in [2.24, 2.45) is 5.10 Å². The zero-order valence-electron chi connectivity index (χ0n) is 16.4. The molecule has 0 amide bonds. The summed E-state index contributed by atoms with van der Waals surface area (Å²) in [5, 5.41) is 27.9. The molecule has 5 nitrogen and oxygen atoms in total. The number of aliphatic hydroxyl groups is 2. The molecule has 1 atom stereocenters. The lowest BCUT2D eigenvalue weighted by atomic mass is 10.1. The van der Waals surface area contributed by atoms with Gasteiger partial charge in [0.15, 0.2) is 0 Å². The Morgan fingerprint density at radius 1 is 0.966 bits per heavy atom. The standard InChI is InChI=1S/C24H25N3O2/c1-2-26-23-11-7-6-10-21(23)22-14-18(12-13-24(22)26)15-25-27(16-20(29)17-28)19-8-4-3-5-9-19/h3-15,20,28-29H,2,16-17H2,1H3/b25-15+. The van der Waals surface area contributed by atoms with Crippen LogP contribution in [-0.2, 0) is 6.54 Å². The number of hydrazone groups is 1. The number of aryl methyl sites for hydroxylation is 1. The highest BCUT2D eigenvalue weighted by molar-refractivity contribution is 6.09. The Kier molecular flexibility index (Phi) is 5.60. The van der Waals surface area contributed by atoms with E-state index in [9.17, 15) is 10.2 Å². The van der Waals surface area contributed by atoms with E-state index in [0.29, 0.717) is 0 Å². The lowest BCUT2D eigenvalue weighted by Gasteiger charge is -2.21. The van der Waals surface area contributed by atoms with Gasteiger partial charge in [0.05, 0.1) is 31.2 Å². The van der Waals surface area contributed by atoms with E-state index in [1.807, 2.05) is 30.3 Å². The molecule has 4 aromatic rings. The number of hydrogen-bond donors (Lipinski definition) is 2. The summed E-state index contributed by atoms with van der Waals surface area (Å²) in [6.45, 7) is 2.99. The lowest BCUT2D eigenvalue weighted by Crippen LogP contribution is -2.30. The molecule has 0 spiro atoms. The third kappa shape index (κ3) is 3.88. The van der Waals surface area contributed by atoms with Crippen molar-refractivity contribution >= 4 is 33.7 Å². The molecule has 1 heterocycles. The van der Waals surface area contributed by atoms with Gasteiger partial charge in [-0.15, -0.1) is 0 Å². The van der Waals surface area contributed by atoms with Gasteiger partial charge in [0, 0.05) is 28.4 Å². The maximum atomic E-state index is 9.91. The molecule has 0 fully saturated rings. The highest BCUT2D eigenvalue weighted by atomic mass is 16.3.